The molecule has 4 nitrogen and oxygen atoms in total. The van der Waals surface area contributed by atoms with Crippen LogP contribution in [0.15, 0.2) is 34.8 Å². The van der Waals surface area contributed by atoms with Crippen molar-refractivity contribution in [2.75, 3.05) is 0 Å². The highest BCUT2D eigenvalue weighted by Crippen LogP contribution is 2.31. The van der Waals surface area contributed by atoms with Gasteiger partial charge < -0.3 is 0 Å². The lowest BCUT2D eigenvalue weighted by molar-refractivity contribution is -0.384. The van der Waals surface area contributed by atoms with Gasteiger partial charge in [0.15, 0.2) is 0 Å². The summed E-state index contributed by atoms with van der Waals surface area (Å²) in [6.45, 7) is 1.84. The summed E-state index contributed by atoms with van der Waals surface area (Å²) in [5.74, 6) is 0. The van der Waals surface area contributed by atoms with E-state index in [0.717, 1.165) is 19.3 Å². The molecule has 92 valence electrons. The van der Waals surface area contributed by atoms with Crippen molar-refractivity contribution in [2.24, 2.45) is 0 Å². The van der Waals surface area contributed by atoms with Gasteiger partial charge in [0.2, 0.25) is 0 Å². The van der Waals surface area contributed by atoms with Gasteiger partial charge in [0.1, 0.15) is 5.69 Å². The third kappa shape index (κ3) is 2.69. The molecule has 0 radical (unpaired) electrons. The Labute approximate surface area is 126 Å². The van der Waals surface area contributed by atoms with E-state index in [9.17, 15) is 10.1 Å². The lowest BCUT2D eigenvalue weighted by Gasteiger charge is -2.05. The van der Waals surface area contributed by atoms with Gasteiger partial charge in [-0.2, -0.15) is 0 Å². The number of pyridine rings is 1. The summed E-state index contributed by atoms with van der Waals surface area (Å²) in [5.41, 5.74) is 1.97. The first-order valence-corrected chi connectivity index (χ1v) is 6.93. The van der Waals surface area contributed by atoms with E-state index < -0.39 is 4.92 Å². The Bertz CT molecular complexity index is 614. The van der Waals surface area contributed by atoms with Gasteiger partial charge in [0.25, 0.3) is 5.69 Å². The van der Waals surface area contributed by atoms with Gasteiger partial charge >= 0.3 is 0 Å². The van der Waals surface area contributed by atoms with Crippen LogP contribution in [-0.4, -0.2) is 9.91 Å². The van der Waals surface area contributed by atoms with Crippen LogP contribution in [0.25, 0.3) is 11.3 Å². The lowest BCUT2D eigenvalue weighted by atomic mass is 10.1. The average molecular weight is 419 g/mol. The maximum absolute atomic E-state index is 11.1. The van der Waals surface area contributed by atoms with Crippen LogP contribution in [0.3, 0.4) is 0 Å². The van der Waals surface area contributed by atoms with Crippen molar-refractivity contribution in [3.63, 3.8) is 0 Å². The second-order valence-electron chi connectivity index (χ2n) is 3.69. The SMILES string of the molecule is Cc1nc(-c2ccc(Br)cc2)c([N+](=O)[O-])cc1I. The van der Waals surface area contributed by atoms with Crippen molar-refractivity contribution in [3.8, 4) is 11.3 Å². The Balaban J connectivity index is 2.65. The molecule has 0 aliphatic heterocycles. The summed E-state index contributed by atoms with van der Waals surface area (Å²) in [7, 11) is 0. The number of halogens is 2. The summed E-state index contributed by atoms with van der Waals surface area (Å²) in [6.07, 6.45) is 0. The molecule has 0 amide bonds. The topological polar surface area (TPSA) is 56.0 Å². The normalized spacial score (nSPS) is 10.4. The maximum atomic E-state index is 11.1. The van der Waals surface area contributed by atoms with Crippen LogP contribution in [0.2, 0.25) is 0 Å². The molecular formula is C12H8BrIN2O2. The van der Waals surface area contributed by atoms with Crippen molar-refractivity contribution in [3.05, 3.63) is 54.2 Å². The van der Waals surface area contributed by atoms with Gasteiger partial charge in [-0.3, -0.25) is 10.1 Å². The highest BCUT2D eigenvalue weighted by Gasteiger charge is 2.19. The van der Waals surface area contributed by atoms with E-state index in [4.69, 9.17) is 0 Å². The minimum absolute atomic E-state index is 0.0346. The summed E-state index contributed by atoms with van der Waals surface area (Å²) in [6, 6.07) is 8.86. The first-order valence-electron chi connectivity index (χ1n) is 5.06. The molecular weight excluding hydrogens is 411 g/mol. The molecule has 0 atom stereocenters. The monoisotopic (exact) mass is 418 g/mol. The van der Waals surface area contributed by atoms with E-state index in [1.807, 2.05) is 31.2 Å². The highest BCUT2D eigenvalue weighted by atomic mass is 127. The number of nitro groups is 1. The lowest BCUT2D eigenvalue weighted by Crippen LogP contribution is -1.98. The van der Waals surface area contributed by atoms with Crippen LogP contribution in [-0.2, 0) is 0 Å². The molecule has 0 fully saturated rings. The number of aromatic nitrogens is 1. The van der Waals surface area contributed by atoms with Crippen molar-refractivity contribution < 1.29 is 4.92 Å². The van der Waals surface area contributed by atoms with Gasteiger partial charge in [-0.15, -0.1) is 0 Å². The second kappa shape index (κ2) is 5.31. The van der Waals surface area contributed by atoms with Gasteiger partial charge in [-0.1, -0.05) is 28.1 Å². The van der Waals surface area contributed by atoms with Crippen LogP contribution in [0.4, 0.5) is 5.69 Å². The fourth-order valence-electron chi connectivity index (χ4n) is 1.53. The first kappa shape index (κ1) is 13.4. The highest BCUT2D eigenvalue weighted by molar-refractivity contribution is 14.1. The Morgan fingerprint density at radius 1 is 1.33 bits per heavy atom. The summed E-state index contributed by atoms with van der Waals surface area (Å²) in [5, 5.41) is 11.1. The third-order valence-corrected chi connectivity index (χ3v) is 4.07. The smallest absolute Gasteiger partial charge is 0.258 e. The van der Waals surface area contributed by atoms with Crippen molar-refractivity contribution in [2.45, 2.75) is 6.92 Å². The molecule has 2 aromatic rings. The van der Waals surface area contributed by atoms with E-state index in [-0.39, 0.29) is 5.69 Å². The Kier molecular flexibility index (Phi) is 3.96. The summed E-state index contributed by atoms with van der Waals surface area (Å²) < 4.78 is 1.72. The van der Waals surface area contributed by atoms with E-state index in [1.54, 1.807) is 6.07 Å². The molecule has 0 N–H and O–H groups in total. The van der Waals surface area contributed by atoms with Crippen LogP contribution in [0, 0.1) is 20.6 Å². The van der Waals surface area contributed by atoms with E-state index in [1.165, 1.54) is 0 Å². The van der Waals surface area contributed by atoms with Crippen LogP contribution in [0.1, 0.15) is 5.69 Å². The van der Waals surface area contributed by atoms with Crippen molar-refractivity contribution >= 4 is 44.2 Å². The Morgan fingerprint density at radius 2 is 1.94 bits per heavy atom. The van der Waals surface area contributed by atoms with Gasteiger partial charge in [-0.05, 0) is 41.6 Å². The molecule has 0 aliphatic rings. The Hall–Kier alpha value is -1.02. The molecule has 2 rings (SSSR count). The van der Waals surface area contributed by atoms with Crippen LogP contribution < -0.4 is 0 Å². The molecule has 0 bridgehead atoms. The number of hydrogen-bond acceptors (Lipinski definition) is 3. The number of benzene rings is 1. The zero-order valence-corrected chi connectivity index (χ0v) is 13.1. The Morgan fingerprint density at radius 3 is 2.50 bits per heavy atom. The zero-order valence-electron chi connectivity index (χ0n) is 9.35. The van der Waals surface area contributed by atoms with Crippen LogP contribution in [0.5, 0.6) is 0 Å². The molecule has 1 heterocycles. The zero-order chi connectivity index (χ0) is 13.3. The number of hydrogen-bond donors (Lipinski definition) is 0. The summed E-state index contributed by atoms with van der Waals surface area (Å²) >= 11 is 5.39. The predicted octanol–water partition coefficient (Wildman–Crippen LogP) is 4.33. The number of rotatable bonds is 2. The summed E-state index contributed by atoms with van der Waals surface area (Å²) in [4.78, 5) is 15.0. The fourth-order valence-corrected chi connectivity index (χ4v) is 2.21. The van der Waals surface area contributed by atoms with E-state index in [0.29, 0.717) is 5.69 Å². The van der Waals surface area contributed by atoms with Crippen LogP contribution >= 0.6 is 38.5 Å². The molecule has 0 aliphatic carbocycles. The molecule has 0 spiro atoms. The molecule has 0 saturated carbocycles. The predicted molar refractivity (Wildman–Crippen MR) is 81.5 cm³/mol. The number of aryl methyl sites for hydroxylation is 1. The van der Waals surface area contributed by atoms with Gasteiger partial charge in [0.05, 0.1) is 10.6 Å². The molecule has 6 heteroatoms. The molecule has 1 aromatic heterocycles. The molecule has 0 unspecified atom stereocenters. The maximum Gasteiger partial charge on any atom is 0.296 e. The first-order chi connectivity index (χ1) is 8.49. The fraction of sp³-hybridized carbons (Fsp3) is 0.0833. The largest absolute Gasteiger partial charge is 0.296 e. The van der Waals surface area contributed by atoms with Crippen molar-refractivity contribution in [1.82, 2.24) is 4.98 Å². The standard InChI is InChI=1S/C12H8BrIN2O2/c1-7-10(14)6-11(16(17)18)12(15-7)8-2-4-9(13)5-3-8/h2-6H,1H3. The van der Waals surface area contributed by atoms with Gasteiger partial charge in [-0.25, -0.2) is 4.98 Å². The molecule has 18 heavy (non-hydrogen) atoms. The minimum Gasteiger partial charge on any atom is -0.258 e. The van der Waals surface area contributed by atoms with E-state index in [2.05, 4.69) is 43.5 Å². The van der Waals surface area contributed by atoms with E-state index >= 15 is 0 Å². The average Bonchev–Trinajstić information content (AvgIpc) is 2.33. The molecule has 1 aromatic carbocycles. The minimum atomic E-state index is -0.397. The number of nitrogens with zero attached hydrogens (tertiary/aromatic N) is 2. The van der Waals surface area contributed by atoms with Gasteiger partial charge in [0, 0.05) is 19.7 Å². The second-order valence-corrected chi connectivity index (χ2v) is 5.77. The quantitative estimate of drug-likeness (QED) is 0.414. The molecule has 0 saturated heterocycles. The third-order valence-electron chi connectivity index (χ3n) is 2.45. The van der Waals surface area contributed by atoms with Crippen molar-refractivity contribution in [1.29, 1.82) is 0 Å².